The lowest BCUT2D eigenvalue weighted by Gasteiger charge is -2.60. The Morgan fingerprint density at radius 3 is 2.05 bits per heavy atom. The molecule has 0 saturated heterocycles. The maximum absolute atomic E-state index is 15.4. The van der Waals surface area contributed by atoms with Gasteiger partial charge in [0, 0.05) is 11.5 Å². The van der Waals surface area contributed by atoms with Crippen LogP contribution in [0.1, 0.15) is 111 Å². The van der Waals surface area contributed by atoms with E-state index in [9.17, 15) is 9.90 Å². The number of rotatable bonds is 10. The van der Waals surface area contributed by atoms with Gasteiger partial charge in [0.2, 0.25) is 0 Å². The number of fused-ring (bicyclic) bond motifs is 1. The molecule has 5 atom stereocenters. The quantitative estimate of drug-likeness (QED) is 0.171. The fourth-order valence-corrected chi connectivity index (χ4v) is 8.56. The van der Waals surface area contributed by atoms with Crippen molar-refractivity contribution in [1.29, 1.82) is 0 Å². The number of aliphatic hydroxyl groups is 1. The standard InChI is InChI=1S/C38H50O5/c1-24(2)14-13-15-26(5)19-20-36-23-28-22-29(35(8,9)43)37(31(36)40,21-18-25(3)4)33(42)38(32(36)41,34(28,6)7)30(39)27-16-11-10-12-17-27/h10-12,14,16-19,28-29,43H,13,15,20-23H2,1-9H3/b26-19+/t28-,29-,36+,37+,38+/m1/s1. The van der Waals surface area contributed by atoms with Gasteiger partial charge in [-0.25, -0.2) is 0 Å². The van der Waals surface area contributed by atoms with Crippen LogP contribution in [0, 0.1) is 33.5 Å². The zero-order valence-corrected chi connectivity index (χ0v) is 27.6. The van der Waals surface area contributed by atoms with Crippen molar-refractivity contribution in [3.05, 3.63) is 70.8 Å². The van der Waals surface area contributed by atoms with Crippen LogP contribution in [0.3, 0.4) is 0 Å². The Balaban J connectivity index is 2.06. The summed E-state index contributed by atoms with van der Waals surface area (Å²) in [4.78, 5) is 60.7. The highest BCUT2D eigenvalue weighted by molar-refractivity contribution is 6.42. The largest absolute Gasteiger partial charge is 0.390 e. The lowest BCUT2D eigenvalue weighted by Crippen LogP contribution is -2.76. The molecule has 0 radical (unpaired) electrons. The fourth-order valence-electron chi connectivity index (χ4n) is 8.56. The smallest absolute Gasteiger partial charge is 0.184 e. The van der Waals surface area contributed by atoms with Crippen molar-refractivity contribution >= 4 is 23.1 Å². The Morgan fingerprint density at radius 1 is 0.884 bits per heavy atom. The van der Waals surface area contributed by atoms with Crippen LogP contribution in [0.2, 0.25) is 0 Å². The second-order valence-corrected chi connectivity index (χ2v) is 15.1. The zero-order chi connectivity index (χ0) is 32.2. The molecule has 1 aromatic rings. The Morgan fingerprint density at radius 2 is 1.49 bits per heavy atom. The molecule has 4 aliphatic rings. The third kappa shape index (κ3) is 4.87. The van der Waals surface area contributed by atoms with Gasteiger partial charge in [-0.2, -0.15) is 0 Å². The van der Waals surface area contributed by atoms with Crippen LogP contribution in [0.5, 0.6) is 0 Å². The number of carbonyl (C=O) groups is 4. The lowest BCUT2D eigenvalue weighted by molar-refractivity contribution is -0.184. The molecule has 4 saturated carbocycles. The predicted octanol–water partition coefficient (Wildman–Crippen LogP) is 7.83. The van der Waals surface area contributed by atoms with E-state index in [1.54, 1.807) is 44.2 Å². The van der Waals surface area contributed by atoms with Crippen molar-refractivity contribution < 1.29 is 24.3 Å². The highest BCUT2D eigenvalue weighted by Crippen LogP contribution is 2.72. The van der Waals surface area contributed by atoms with Crippen LogP contribution in [-0.4, -0.2) is 33.8 Å². The molecule has 1 aromatic carbocycles. The summed E-state index contributed by atoms with van der Waals surface area (Å²) in [5.74, 6) is -3.12. The molecule has 1 N–H and O–H groups in total. The molecular formula is C38H50O5. The first-order chi connectivity index (χ1) is 19.9. The molecule has 4 fully saturated rings. The van der Waals surface area contributed by atoms with E-state index in [1.807, 2.05) is 46.8 Å². The molecule has 0 spiro atoms. The number of ketones is 4. The maximum atomic E-state index is 15.4. The molecule has 0 aliphatic heterocycles. The van der Waals surface area contributed by atoms with Crippen LogP contribution < -0.4 is 0 Å². The average molecular weight is 587 g/mol. The SMILES string of the molecule is CC(C)=CCC/C(C)=C/C[C@]12C[C@H]3C[C@H](C(C)(C)O)[C@@](CC=C(C)C)(C1=O)C(=O)[C@](C(=O)c1ccccc1)(C2=O)C3(C)C. The van der Waals surface area contributed by atoms with E-state index in [0.717, 1.165) is 24.0 Å². The number of allylic oxidation sites excluding steroid dienone is 6. The van der Waals surface area contributed by atoms with Gasteiger partial charge in [-0.05, 0) is 98.3 Å². The van der Waals surface area contributed by atoms with Gasteiger partial charge in [-0.1, -0.05) is 79.1 Å². The van der Waals surface area contributed by atoms with E-state index in [2.05, 4.69) is 19.9 Å². The summed E-state index contributed by atoms with van der Waals surface area (Å²) in [6.07, 6.45) is 8.56. The predicted molar refractivity (Wildman–Crippen MR) is 170 cm³/mol. The molecule has 232 valence electrons. The van der Waals surface area contributed by atoms with E-state index in [-0.39, 0.29) is 25.2 Å². The monoisotopic (exact) mass is 586 g/mol. The van der Waals surface area contributed by atoms with E-state index in [1.165, 1.54) is 5.57 Å². The summed E-state index contributed by atoms with van der Waals surface area (Å²) in [6.45, 7) is 17.0. The van der Waals surface area contributed by atoms with E-state index in [4.69, 9.17) is 0 Å². The number of Topliss-reactive ketones (excluding diaryl/α,β-unsaturated/α-hetero) is 4. The summed E-state index contributed by atoms with van der Waals surface area (Å²) < 4.78 is 0. The van der Waals surface area contributed by atoms with Crippen LogP contribution >= 0.6 is 0 Å². The van der Waals surface area contributed by atoms with Crippen LogP contribution in [0.4, 0.5) is 0 Å². The molecule has 5 rings (SSSR count). The van der Waals surface area contributed by atoms with Gasteiger partial charge in [-0.15, -0.1) is 0 Å². The highest BCUT2D eigenvalue weighted by atomic mass is 16.3. The van der Waals surface area contributed by atoms with Crippen LogP contribution in [0.15, 0.2) is 65.3 Å². The normalized spacial score (nSPS) is 31.6. The minimum atomic E-state index is -2.04. The van der Waals surface area contributed by atoms with Crippen molar-refractivity contribution in [1.82, 2.24) is 0 Å². The number of hydrogen-bond acceptors (Lipinski definition) is 5. The summed E-state index contributed by atoms with van der Waals surface area (Å²) in [5, 5.41) is 11.7. The zero-order valence-electron chi connectivity index (χ0n) is 27.6. The van der Waals surface area contributed by atoms with E-state index < -0.39 is 56.3 Å². The van der Waals surface area contributed by atoms with Crippen molar-refractivity contribution in [3.8, 4) is 0 Å². The van der Waals surface area contributed by atoms with Crippen LogP contribution in [0.25, 0.3) is 0 Å². The maximum Gasteiger partial charge on any atom is 0.184 e. The molecule has 0 heterocycles. The first kappa shape index (κ1) is 33.0. The second-order valence-electron chi connectivity index (χ2n) is 15.1. The summed E-state index contributed by atoms with van der Waals surface area (Å²) in [6, 6.07) is 8.59. The van der Waals surface area contributed by atoms with Gasteiger partial charge in [0.15, 0.2) is 28.5 Å². The number of carbonyl (C=O) groups excluding carboxylic acids is 4. The molecule has 43 heavy (non-hydrogen) atoms. The minimum Gasteiger partial charge on any atom is -0.390 e. The van der Waals surface area contributed by atoms with Crippen LogP contribution in [-0.2, 0) is 14.4 Å². The first-order valence-electron chi connectivity index (χ1n) is 15.8. The summed E-state index contributed by atoms with van der Waals surface area (Å²) in [5.41, 5.74) is -4.19. The number of benzene rings is 1. The lowest BCUT2D eigenvalue weighted by atomic mass is 9.36. The molecule has 0 aromatic heterocycles. The van der Waals surface area contributed by atoms with Gasteiger partial charge in [-0.3, -0.25) is 19.2 Å². The Bertz CT molecular complexity index is 1410. The minimum absolute atomic E-state index is 0.0621. The Hall–Kier alpha value is -2.92. The van der Waals surface area contributed by atoms with Gasteiger partial charge in [0.25, 0.3) is 0 Å². The van der Waals surface area contributed by atoms with Gasteiger partial charge < -0.3 is 5.11 Å². The highest BCUT2D eigenvalue weighted by Gasteiger charge is 2.84. The molecule has 0 unspecified atom stereocenters. The fraction of sp³-hybridized carbons (Fsp3) is 0.579. The first-order valence-corrected chi connectivity index (χ1v) is 15.8. The molecule has 4 bridgehead atoms. The average Bonchev–Trinajstić information content (AvgIpc) is 3.05. The van der Waals surface area contributed by atoms with E-state index >= 15 is 14.4 Å². The van der Waals surface area contributed by atoms with Crippen molar-refractivity contribution in [2.75, 3.05) is 0 Å². The second kappa shape index (κ2) is 11.2. The van der Waals surface area contributed by atoms with E-state index in [0.29, 0.717) is 12.0 Å². The molecule has 5 heteroatoms. The Labute approximate surface area is 257 Å². The molecule has 5 nitrogen and oxygen atoms in total. The van der Waals surface area contributed by atoms with Gasteiger partial charge in [0.1, 0.15) is 0 Å². The van der Waals surface area contributed by atoms with Gasteiger partial charge >= 0.3 is 0 Å². The topological polar surface area (TPSA) is 88.5 Å². The van der Waals surface area contributed by atoms with Crippen molar-refractivity contribution in [3.63, 3.8) is 0 Å². The van der Waals surface area contributed by atoms with Gasteiger partial charge in [0.05, 0.1) is 16.4 Å². The summed E-state index contributed by atoms with van der Waals surface area (Å²) >= 11 is 0. The van der Waals surface area contributed by atoms with Crippen molar-refractivity contribution in [2.24, 2.45) is 33.5 Å². The Kier molecular flexibility index (Phi) is 8.60. The molecule has 4 aliphatic carbocycles. The third-order valence-electron chi connectivity index (χ3n) is 11.0. The van der Waals surface area contributed by atoms with Crippen molar-refractivity contribution in [2.45, 2.75) is 106 Å². The third-order valence-corrected chi connectivity index (χ3v) is 11.0. The summed E-state index contributed by atoms with van der Waals surface area (Å²) in [7, 11) is 0. The molecule has 0 amide bonds. The molecular weight excluding hydrogens is 536 g/mol. The number of hydrogen-bond donors (Lipinski definition) is 1.